The average molecular weight is 356 g/mol. The fraction of sp³-hybridized carbons (Fsp3) is 0.400. The highest BCUT2D eigenvalue weighted by molar-refractivity contribution is 7.89. The van der Waals surface area contributed by atoms with Crippen molar-refractivity contribution in [1.29, 1.82) is 0 Å². The molecule has 9 heteroatoms. The zero-order valence-corrected chi connectivity index (χ0v) is 13.9. The number of nitrogens with zero attached hydrogens (tertiary/aromatic N) is 3. The van der Waals surface area contributed by atoms with E-state index < -0.39 is 26.6 Å². The predicted octanol–water partition coefficient (Wildman–Crippen LogP) is 1.76. The molecule has 1 atom stereocenters. The Balaban J connectivity index is 1.91. The number of aromatic amines is 1. The van der Waals surface area contributed by atoms with E-state index in [4.69, 9.17) is 0 Å². The third-order valence-corrected chi connectivity index (χ3v) is 6.11. The van der Waals surface area contributed by atoms with Gasteiger partial charge in [-0.05, 0) is 18.7 Å². The number of nitrogens with one attached hydrogen (secondary N) is 1. The fourth-order valence-corrected chi connectivity index (χ4v) is 4.42. The second-order valence-corrected chi connectivity index (χ2v) is 7.46. The molecule has 1 aromatic heterocycles. The van der Waals surface area contributed by atoms with Crippen molar-refractivity contribution < 1.29 is 17.2 Å². The highest BCUT2D eigenvalue weighted by atomic mass is 32.2. The maximum absolute atomic E-state index is 13.9. The summed E-state index contributed by atoms with van der Waals surface area (Å²) >= 11 is 0. The minimum atomic E-state index is -4.04. The summed E-state index contributed by atoms with van der Waals surface area (Å²) in [5.41, 5.74) is 0. The van der Waals surface area contributed by atoms with Gasteiger partial charge < -0.3 is 4.98 Å². The summed E-state index contributed by atoms with van der Waals surface area (Å²) in [6.45, 7) is 3.62. The molecule has 0 aliphatic carbocycles. The van der Waals surface area contributed by atoms with Gasteiger partial charge in [-0.2, -0.15) is 4.31 Å². The molecular formula is C15H18F2N4O2S. The van der Waals surface area contributed by atoms with Crippen LogP contribution in [0.2, 0.25) is 0 Å². The summed E-state index contributed by atoms with van der Waals surface area (Å²) in [5, 5.41) is 0. The van der Waals surface area contributed by atoms with E-state index >= 15 is 0 Å². The third-order valence-electron chi connectivity index (χ3n) is 4.21. The molecular weight excluding hydrogens is 338 g/mol. The molecule has 0 radical (unpaired) electrons. The van der Waals surface area contributed by atoms with Crippen LogP contribution in [0, 0.1) is 11.6 Å². The number of hydrogen-bond acceptors (Lipinski definition) is 4. The quantitative estimate of drug-likeness (QED) is 0.906. The fourth-order valence-electron chi connectivity index (χ4n) is 2.93. The summed E-state index contributed by atoms with van der Waals surface area (Å²) in [6, 6.07) is 2.26. The summed E-state index contributed by atoms with van der Waals surface area (Å²) in [5.74, 6) is -1.23. The van der Waals surface area contributed by atoms with Gasteiger partial charge in [0.1, 0.15) is 22.4 Å². The molecule has 1 N–H and O–H groups in total. The van der Waals surface area contributed by atoms with Crippen LogP contribution in [-0.2, 0) is 10.0 Å². The number of halogens is 2. The van der Waals surface area contributed by atoms with Crippen LogP contribution in [0.25, 0.3) is 0 Å². The largest absolute Gasteiger partial charge is 0.347 e. The Kier molecular flexibility index (Phi) is 4.66. The maximum atomic E-state index is 13.9. The summed E-state index contributed by atoms with van der Waals surface area (Å²) < 4.78 is 53.7. The Bertz CT molecular complexity index is 811. The summed E-state index contributed by atoms with van der Waals surface area (Å²) in [7, 11) is -4.04. The number of rotatable bonds is 4. The van der Waals surface area contributed by atoms with Gasteiger partial charge in [0.05, 0.1) is 6.04 Å². The van der Waals surface area contributed by atoms with E-state index in [0.29, 0.717) is 18.4 Å². The number of piperazine rings is 1. The summed E-state index contributed by atoms with van der Waals surface area (Å²) in [4.78, 5) is 8.81. The number of benzene rings is 1. The lowest BCUT2D eigenvalue weighted by molar-refractivity contribution is 0.119. The Morgan fingerprint density at radius 2 is 2.12 bits per heavy atom. The van der Waals surface area contributed by atoms with Gasteiger partial charge in [-0.1, -0.05) is 6.92 Å². The van der Waals surface area contributed by atoms with Crippen LogP contribution < -0.4 is 0 Å². The normalized spacial score (nSPS) is 20.4. The minimum Gasteiger partial charge on any atom is -0.347 e. The molecule has 0 bridgehead atoms. The van der Waals surface area contributed by atoms with Gasteiger partial charge in [0, 0.05) is 38.1 Å². The van der Waals surface area contributed by atoms with Crippen LogP contribution in [0.3, 0.4) is 0 Å². The molecule has 0 spiro atoms. The molecule has 0 saturated carbocycles. The second kappa shape index (κ2) is 6.58. The Hall–Kier alpha value is -1.84. The molecule has 24 heavy (non-hydrogen) atoms. The Morgan fingerprint density at radius 3 is 2.75 bits per heavy atom. The smallest absolute Gasteiger partial charge is 0.246 e. The number of H-pyrrole nitrogens is 1. The van der Waals surface area contributed by atoms with E-state index in [2.05, 4.69) is 14.9 Å². The Labute approximate surface area is 139 Å². The zero-order valence-electron chi connectivity index (χ0n) is 13.1. The van der Waals surface area contributed by atoms with Crippen molar-refractivity contribution in [2.75, 3.05) is 26.2 Å². The van der Waals surface area contributed by atoms with Crippen LogP contribution in [-0.4, -0.2) is 53.8 Å². The van der Waals surface area contributed by atoms with E-state index in [1.165, 1.54) is 4.31 Å². The lowest BCUT2D eigenvalue weighted by Crippen LogP contribution is -2.50. The van der Waals surface area contributed by atoms with Gasteiger partial charge in [-0.3, -0.25) is 4.90 Å². The van der Waals surface area contributed by atoms with Crippen molar-refractivity contribution in [3.8, 4) is 0 Å². The number of aromatic nitrogens is 2. The van der Waals surface area contributed by atoms with Gasteiger partial charge in [-0.15, -0.1) is 0 Å². The molecule has 0 unspecified atom stereocenters. The third kappa shape index (κ3) is 3.06. The first-order valence-electron chi connectivity index (χ1n) is 7.62. The van der Waals surface area contributed by atoms with Gasteiger partial charge in [0.2, 0.25) is 10.0 Å². The predicted molar refractivity (Wildman–Crippen MR) is 83.7 cm³/mol. The van der Waals surface area contributed by atoms with E-state index in [1.54, 1.807) is 12.4 Å². The van der Waals surface area contributed by atoms with Gasteiger partial charge in [0.25, 0.3) is 0 Å². The molecule has 6 nitrogen and oxygen atoms in total. The zero-order chi connectivity index (χ0) is 17.3. The van der Waals surface area contributed by atoms with Crippen molar-refractivity contribution in [1.82, 2.24) is 19.2 Å². The molecule has 130 valence electrons. The van der Waals surface area contributed by atoms with Gasteiger partial charge in [0.15, 0.2) is 0 Å². The van der Waals surface area contributed by atoms with E-state index in [9.17, 15) is 17.2 Å². The first-order valence-corrected chi connectivity index (χ1v) is 9.06. The molecule has 1 aliphatic rings. The number of hydrogen-bond donors (Lipinski definition) is 1. The van der Waals surface area contributed by atoms with E-state index in [1.807, 2.05) is 6.92 Å². The van der Waals surface area contributed by atoms with E-state index in [0.717, 1.165) is 18.7 Å². The Morgan fingerprint density at radius 1 is 1.33 bits per heavy atom. The van der Waals surface area contributed by atoms with Crippen LogP contribution in [0.4, 0.5) is 8.78 Å². The topological polar surface area (TPSA) is 69.3 Å². The highest BCUT2D eigenvalue weighted by Gasteiger charge is 2.36. The molecule has 1 aliphatic heterocycles. The van der Waals surface area contributed by atoms with E-state index in [-0.39, 0.29) is 19.1 Å². The van der Waals surface area contributed by atoms with Crippen molar-refractivity contribution >= 4 is 10.0 Å². The summed E-state index contributed by atoms with van der Waals surface area (Å²) in [6.07, 6.45) is 3.28. The van der Waals surface area contributed by atoms with Crippen LogP contribution >= 0.6 is 0 Å². The minimum absolute atomic E-state index is 0.153. The molecule has 2 aromatic rings. The number of sulfonamides is 1. The van der Waals surface area contributed by atoms with Gasteiger partial charge >= 0.3 is 0 Å². The second-order valence-electron chi connectivity index (χ2n) is 5.56. The standard InChI is InChI=1S/C15H18F2N4O2S/c1-2-20-7-8-21(10-13(20)15-18-5-6-19-15)24(22,23)14-4-3-11(16)9-12(14)17/h3-6,9,13H,2,7-8,10H2,1H3,(H,18,19)/t13-/m0/s1. The van der Waals surface area contributed by atoms with Crippen LogP contribution in [0.5, 0.6) is 0 Å². The van der Waals surface area contributed by atoms with Crippen molar-refractivity contribution in [2.45, 2.75) is 17.9 Å². The van der Waals surface area contributed by atoms with Gasteiger partial charge in [-0.25, -0.2) is 22.2 Å². The molecule has 1 fully saturated rings. The SMILES string of the molecule is CCN1CCN(S(=O)(=O)c2ccc(F)cc2F)C[C@H]1c1ncc[nH]1. The first kappa shape index (κ1) is 17.0. The number of likely N-dealkylation sites (N-methyl/N-ethyl adjacent to an activating group) is 1. The molecule has 0 amide bonds. The number of imidazole rings is 1. The first-order chi connectivity index (χ1) is 11.4. The molecule has 1 aromatic carbocycles. The molecule has 1 saturated heterocycles. The molecule has 3 rings (SSSR count). The average Bonchev–Trinajstić information content (AvgIpc) is 3.08. The monoisotopic (exact) mass is 356 g/mol. The highest BCUT2D eigenvalue weighted by Crippen LogP contribution is 2.28. The lowest BCUT2D eigenvalue weighted by atomic mass is 10.2. The lowest BCUT2D eigenvalue weighted by Gasteiger charge is -2.39. The molecule has 2 heterocycles. The van der Waals surface area contributed by atoms with Crippen molar-refractivity contribution in [3.05, 3.63) is 48.1 Å². The van der Waals surface area contributed by atoms with Crippen LogP contribution in [0.1, 0.15) is 18.8 Å². The van der Waals surface area contributed by atoms with Crippen molar-refractivity contribution in [2.24, 2.45) is 0 Å². The van der Waals surface area contributed by atoms with Crippen molar-refractivity contribution in [3.63, 3.8) is 0 Å². The maximum Gasteiger partial charge on any atom is 0.246 e. The van der Waals surface area contributed by atoms with Crippen LogP contribution in [0.15, 0.2) is 35.5 Å².